The number of fused-ring (bicyclic) bond motifs is 1. The van der Waals surface area contributed by atoms with Gasteiger partial charge in [-0.15, -0.1) is 0 Å². The molecule has 4 heteroatoms. The maximum Gasteiger partial charge on any atom is 0.127 e. The van der Waals surface area contributed by atoms with E-state index in [9.17, 15) is 10.2 Å². The van der Waals surface area contributed by atoms with E-state index >= 15 is 0 Å². The fourth-order valence-corrected chi connectivity index (χ4v) is 11.8. The predicted molar refractivity (Wildman–Crippen MR) is 276 cm³/mol. The first-order chi connectivity index (χ1) is 29.8. The average Bonchev–Trinajstić information content (AvgIpc) is 3.22. The first-order valence-corrected chi connectivity index (χ1v) is 25.4. The van der Waals surface area contributed by atoms with Crippen LogP contribution in [0.5, 0.6) is 17.2 Å². The molecule has 0 bridgehead atoms. The minimum Gasteiger partial charge on any atom is -0.507 e. The highest BCUT2D eigenvalue weighted by atomic mass is 31.1. The van der Waals surface area contributed by atoms with Gasteiger partial charge in [-0.05, 0) is 164 Å². The number of aryl methyl sites for hydroxylation is 6. The van der Waals surface area contributed by atoms with Crippen molar-refractivity contribution in [1.29, 1.82) is 0 Å². The molecule has 0 saturated carbocycles. The molecule has 63 heavy (non-hydrogen) atoms. The van der Waals surface area contributed by atoms with Gasteiger partial charge in [-0.1, -0.05) is 180 Å². The Kier molecular flexibility index (Phi) is 19.9. The fourth-order valence-electron chi connectivity index (χ4n) is 9.19. The third-order valence-corrected chi connectivity index (χ3v) is 15.7. The van der Waals surface area contributed by atoms with Crippen LogP contribution in [-0.2, 0) is 6.42 Å². The van der Waals surface area contributed by atoms with E-state index in [1.807, 2.05) is 46.8 Å². The summed E-state index contributed by atoms with van der Waals surface area (Å²) in [5, 5.41) is 24.0. The molecule has 3 unspecified atom stereocenters. The third-order valence-electron chi connectivity index (χ3n) is 13.3. The van der Waals surface area contributed by atoms with Crippen LogP contribution in [0.15, 0.2) is 84.9 Å². The van der Waals surface area contributed by atoms with Crippen LogP contribution in [-0.4, -0.2) is 15.8 Å². The molecule has 0 spiro atoms. The van der Waals surface area contributed by atoms with Crippen molar-refractivity contribution in [2.45, 2.75) is 173 Å². The largest absolute Gasteiger partial charge is 0.507 e. The molecule has 0 saturated heterocycles. The Labute approximate surface area is 385 Å². The topological polar surface area (TPSA) is 49.7 Å². The summed E-state index contributed by atoms with van der Waals surface area (Å²) >= 11 is 0. The van der Waals surface area contributed by atoms with Gasteiger partial charge in [0.05, 0.1) is 0 Å². The first-order valence-electron chi connectivity index (χ1n) is 24.1. The van der Waals surface area contributed by atoms with Gasteiger partial charge >= 0.3 is 0 Å². The fraction of sp³-hybridized carbons (Fsp3) is 0.492. The lowest BCUT2D eigenvalue weighted by Gasteiger charge is -2.38. The zero-order chi connectivity index (χ0) is 46.4. The van der Waals surface area contributed by atoms with Crippen LogP contribution in [0.3, 0.4) is 0 Å². The third kappa shape index (κ3) is 15.6. The van der Waals surface area contributed by atoms with E-state index in [4.69, 9.17) is 4.74 Å². The van der Waals surface area contributed by atoms with Gasteiger partial charge in [-0.3, -0.25) is 0 Å². The number of benzene rings is 5. The van der Waals surface area contributed by atoms with Gasteiger partial charge in [0.15, 0.2) is 0 Å². The van der Waals surface area contributed by atoms with Crippen LogP contribution in [0, 0.1) is 80.1 Å². The highest BCUT2D eigenvalue weighted by Crippen LogP contribution is 2.44. The van der Waals surface area contributed by atoms with E-state index < -0.39 is 7.92 Å². The van der Waals surface area contributed by atoms with E-state index in [-0.39, 0.29) is 5.60 Å². The van der Waals surface area contributed by atoms with E-state index in [2.05, 4.69) is 135 Å². The lowest BCUT2D eigenvalue weighted by Crippen LogP contribution is -2.37. The molecular formula is C59H83O3P. The Hall–Kier alpha value is -4.07. The number of aromatic hydroxyl groups is 2. The average molecular weight is 871 g/mol. The summed E-state index contributed by atoms with van der Waals surface area (Å²) in [4.78, 5) is 0. The molecule has 1 aliphatic rings. The molecule has 6 rings (SSSR count). The lowest BCUT2D eigenvalue weighted by molar-refractivity contribution is 0.0511. The van der Waals surface area contributed by atoms with E-state index in [0.29, 0.717) is 11.5 Å². The van der Waals surface area contributed by atoms with Crippen LogP contribution in [0.1, 0.15) is 154 Å². The summed E-state index contributed by atoms with van der Waals surface area (Å²) < 4.78 is 6.60. The second-order valence-electron chi connectivity index (χ2n) is 20.0. The maximum absolute atomic E-state index is 10.4. The Morgan fingerprint density at radius 1 is 0.540 bits per heavy atom. The summed E-state index contributed by atoms with van der Waals surface area (Å²) in [6, 6.07) is 30.8. The van der Waals surface area contributed by atoms with Crippen LogP contribution in [0.4, 0.5) is 0 Å². The van der Waals surface area contributed by atoms with E-state index in [0.717, 1.165) is 70.6 Å². The van der Waals surface area contributed by atoms with Gasteiger partial charge in [0.2, 0.25) is 0 Å². The number of ether oxygens (including phenoxy) is 1. The summed E-state index contributed by atoms with van der Waals surface area (Å²) in [5.74, 6) is 4.46. The smallest absolute Gasteiger partial charge is 0.127 e. The Bertz CT molecular complexity index is 2090. The molecule has 342 valence electrons. The summed E-state index contributed by atoms with van der Waals surface area (Å²) in [6.07, 6.45) is 14.1. The maximum atomic E-state index is 10.4. The second kappa shape index (κ2) is 24.3. The number of phenolic OH excluding ortho intramolecular Hbond substituents is 2. The van der Waals surface area contributed by atoms with Crippen LogP contribution >= 0.6 is 7.92 Å². The normalized spacial score (nSPS) is 15.4. The quantitative estimate of drug-likeness (QED) is 0.103. The molecule has 0 aliphatic carbocycles. The number of rotatable bonds is 15. The van der Waals surface area contributed by atoms with Crippen molar-refractivity contribution in [2.75, 3.05) is 0 Å². The number of phenols is 2. The lowest BCUT2D eigenvalue weighted by atomic mass is 9.84. The summed E-state index contributed by atoms with van der Waals surface area (Å²) in [5.41, 5.74) is 11.3. The first kappa shape index (κ1) is 51.6. The van der Waals surface area contributed by atoms with Crippen molar-refractivity contribution < 1.29 is 14.9 Å². The summed E-state index contributed by atoms with van der Waals surface area (Å²) in [7, 11) is -0.495. The van der Waals surface area contributed by atoms with Gasteiger partial charge in [-0.25, -0.2) is 0 Å². The molecule has 0 radical (unpaired) electrons. The molecule has 1 aliphatic heterocycles. The highest BCUT2D eigenvalue weighted by molar-refractivity contribution is 7.79. The standard InChI is InChI=1S/C29H50O2.C21H21P.C9H12O/c1-20(2)12-9-13-21(3)14-10-15-22(4)16-11-18-29(8)19-17-26-25(7)27(30)23(5)24(6)28(26)31-29;1-16-7-4-10-19(13-16)22(20-11-5-8-17(2)14-20)21-12-6-9-18(3)15-21;1-6-4-7(2)9(10)8(3)5-6/h20-22,30H,9-19H2,1-8H3;4-15H,1-3H3;4-5,10H,1-3H3. The van der Waals surface area contributed by atoms with Crippen molar-refractivity contribution in [3.8, 4) is 17.2 Å². The van der Waals surface area contributed by atoms with E-state index in [1.165, 1.54) is 95.1 Å². The number of hydrogen-bond acceptors (Lipinski definition) is 3. The van der Waals surface area contributed by atoms with E-state index in [1.54, 1.807) is 0 Å². The van der Waals surface area contributed by atoms with Crippen LogP contribution < -0.4 is 20.7 Å². The molecule has 3 atom stereocenters. The molecule has 0 aromatic heterocycles. The van der Waals surface area contributed by atoms with Gasteiger partial charge in [-0.2, -0.15) is 0 Å². The van der Waals surface area contributed by atoms with Gasteiger partial charge in [0, 0.05) is 5.56 Å². The molecule has 5 aromatic rings. The zero-order valence-corrected chi connectivity index (χ0v) is 42.7. The SMILES string of the molecule is Cc1c(C)c2c(c(C)c1O)CCC(C)(CCCC(C)CCCC(C)CCCC(C)C)O2.Cc1cc(C)c(O)c(C)c1.Cc1cccc(P(c2cccc(C)c2)c2cccc(C)c2)c1. The van der Waals surface area contributed by atoms with Gasteiger partial charge < -0.3 is 14.9 Å². The van der Waals surface area contributed by atoms with Crippen molar-refractivity contribution in [3.05, 3.63) is 141 Å². The minimum atomic E-state index is -0.495. The van der Waals surface area contributed by atoms with Crippen molar-refractivity contribution in [2.24, 2.45) is 17.8 Å². The van der Waals surface area contributed by atoms with Crippen molar-refractivity contribution >= 4 is 23.8 Å². The predicted octanol–water partition coefficient (Wildman–Crippen LogP) is 15.5. The Morgan fingerprint density at radius 3 is 1.43 bits per heavy atom. The van der Waals surface area contributed by atoms with Gasteiger partial charge in [0.25, 0.3) is 0 Å². The molecular weight excluding hydrogens is 788 g/mol. The second-order valence-corrected chi connectivity index (χ2v) is 22.3. The molecule has 2 N–H and O–H groups in total. The molecule has 0 fully saturated rings. The molecule has 3 nitrogen and oxygen atoms in total. The number of hydrogen-bond donors (Lipinski definition) is 2. The Morgan fingerprint density at radius 2 is 0.984 bits per heavy atom. The summed E-state index contributed by atoms with van der Waals surface area (Å²) in [6.45, 7) is 30.3. The molecule has 5 aromatic carbocycles. The highest BCUT2D eigenvalue weighted by Gasteiger charge is 2.34. The van der Waals surface area contributed by atoms with Gasteiger partial charge in [0.1, 0.15) is 22.8 Å². The van der Waals surface area contributed by atoms with Crippen LogP contribution in [0.2, 0.25) is 0 Å². The molecule has 0 amide bonds. The van der Waals surface area contributed by atoms with Crippen LogP contribution in [0.25, 0.3) is 0 Å². The zero-order valence-electron chi connectivity index (χ0n) is 41.8. The monoisotopic (exact) mass is 871 g/mol. The van der Waals surface area contributed by atoms with Crippen molar-refractivity contribution in [1.82, 2.24) is 0 Å². The molecule has 1 heterocycles. The van der Waals surface area contributed by atoms with Crippen molar-refractivity contribution in [3.63, 3.8) is 0 Å². The Balaban J connectivity index is 0.000000234. The minimum absolute atomic E-state index is 0.0712.